The van der Waals surface area contributed by atoms with Crippen molar-refractivity contribution in [2.24, 2.45) is 10.9 Å². The third kappa shape index (κ3) is 0.759. The van der Waals surface area contributed by atoms with Gasteiger partial charge in [-0.15, -0.1) is 0 Å². The maximum atomic E-state index is 10.4. The second-order valence-electron chi connectivity index (χ2n) is 2.50. The Hall–Kier alpha value is -0.480. The molecule has 3 nitrogen and oxygen atoms in total. The Balaban J connectivity index is 2.29. The van der Waals surface area contributed by atoms with Gasteiger partial charge in [0.15, 0.2) is 0 Å². The summed E-state index contributed by atoms with van der Waals surface area (Å²) in [6, 6.07) is 0.151. The number of nitrogens with zero attached hydrogens (tertiary/aromatic N) is 1. The predicted molar refractivity (Wildman–Crippen MR) is 37.4 cm³/mol. The van der Waals surface area contributed by atoms with Crippen LogP contribution in [0.15, 0.2) is 17.1 Å². The summed E-state index contributed by atoms with van der Waals surface area (Å²) < 4.78 is 20.9. The van der Waals surface area contributed by atoms with Crippen molar-refractivity contribution in [1.29, 1.82) is 0 Å². The highest BCUT2D eigenvalue weighted by atomic mass is 32.2. The molecule has 0 radical (unpaired) electrons. The van der Waals surface area contributed by atoms with E-state index in [-0.39, 0.29) is 12.0 Å². The topological polar surface area (TPSA) is 52.5 Å². The molecule has 2 rings (SSSR count). The zero-order chi connectivity index (χ0) is 7.14. The quantitative estimate of drug-likeness (QED) is 0.372. The van der Waals surface area contributed by atoms with E-state index >= 15 is 0 Å². The summed E-state index contributed by atoms with van der Waals surface area (Å²) in [4.78, 5) is 3.97. The lowest BCUT2D eigenvalue weighted by molar-refractivity contribution is 0.548. The van der Waals surface area contributed by atoms with E-state index in [1.165, 1.54) is 0 Å². The van der Waals surface area contributed by atoms with Gasteiger partial charge in [0.1, 0.15) is 0 Å². The van der Waals surface area contributed by atoms with E-state index in [4.69, 9.17) is 0 Å². The summed E-state index contributed by atoms with van der Waals surface area (Å²) in [5.74, 6) is 0.0864. The summed E-state index contributed by atoms with van der Waals surface area (Å²) in [6.45, 7) is 0. The van der Waals surface area contributed by atoms with Crippen LogP contribution in [0.4, 0.5) is 0 Å². The number of rotatable bonds is 0. The van der Waals surface area contributed by atoms with Crippen LogP contribution in [0.1, 0.15) is 6.42 Å². The highest BCUT2D eigenvalue weighted by Gasteiger charge is 2.29. The Morgan fingerprint density at radius 2 is 2.50 bits per heavy atom. The second kappa shape index (κ2) is 2.00. The summed E-state index contributed by atoms with van der Waals surface area (Å²) in [5.41, 5.74) is 0. The minimum Gasteiger partial charge on any atom is -0.767 e. The van der Waals surface area contributed by atoms with Crippen molar-refractivity contribution in [2.45, 2.75) is 12.5 Å². The normalized spacial score (nSPS) is 38.3. The molecule has 3 unspecified atom stereocenters. The van der Waals surface area contributed by atoms with Crippen molar-refractivity contribution in [1.82, 2.24) is 0 Å². The molecule has 0 aromatic heterocycles. The van der Waals surface area contributed by atoms with Crippen molar-refractivity contribution in [2.75, 3.05) is 0 Å². The number of dihydropyridines is 1. The van der Waals surface area contributed by atoms with Crippen LogP contribution in [0.2, 0.25) is 0 Å². The van der Waals surface area contributed by atoms with E-state index in [0.29, 0.717) is 5.04 Å². The third-order valence-corrected chi connectivity index (χ3v) is 2.59. The van der Waals surface area contributed by atoms with Crippen molar-refractivity contribution in [3.63, 3.8) is 0 Å². The second-order valence-corrected chi connectivity index (χ2v) is 3.38. The van der Waals surface area contributed by atoms with Crippen molar-refractivity contribution in [3.8, 4) is 0 Å². The van der Waals surface area contributed by atoms with Crippen LogP contribution in [0.5, 0.6) is 0 Å². The van der Waals surface area contributed by atoms with Gasteiger partial charge in [-0.1, -0.05) is 12.2 Å². The molecule has 0 fully saturated rings. The van der Waals surface area contributed by atoms with Crippen LogP contribution in [-0.2, 0) is 11.1 Å². The van der Waals surface area contributed by atoms with Gasteiger partial charge in [0, 0.05) is 5.92 Å². The van der Waals surface area contributed by atoms with Crippen molar-refractivity contribution < 1.29 is 8.76 Å². The van der Waals surface area contributed by atoms with Crippen LogP contribution in [-0.4, -0.2) is 19.8 Å². The van der Waals surface area contributed by atoms with Gasteiger partial charge in [-0.3, -0.25) is 9.20 Å². The van der Waals surface area contributed by atoms with E-state index in [2.05, 4.69) is 4.99 Å². The lowest BCUT2D eigenvalue weighted by atomic mass is 10.2. The minimum atomic E-state index is -2.09. The molecule has 54 valence electrons. The molecule has 10 heavy (non-hydrogen) atoms. The Morgan fingerprint density at radius 1 is 1.70 bits per heavy atom. The molecule has 0 saturated heterocycles. The fourth-order valence-electron chi connectivity index (χ4n) is 1.38. The largest absolute Gasteiger partial charge is 0.767 e. The lowest BCUT2D eigenvalue weighted by Gasteiger charge is -2.09. The molecule has 0 N–H and O–H groups in total. The van der Waals surface area contributed by atoms with Gasteiger partial charge in [0.25, 0.3) is 0 Å². The van der Waals surface area contributed by atoms with E-state index in [9.17, 15) is 8.76 Å². The first kappa shape index (κ1) is 6.24. The maximum absolute atomic E-state index is 10.4. The summed E-state index contributed by atoms with van der Waals surface area (Å²) in [6.07, 6.45) is 4.74. The van der Waals surface area contributed by atoms with Gasteiger partial charge in [-0.05, 0) is 17.5 Å². The molecule has 0 aromatic rings. The molecule has 1 heterocycles. The highest BCUT2D eigenvalue weighted by Crippen LogP contribution is 2.29. The fourth-order valence-corrected chi connectivity index (χ4v) is 2.03. The summed E-state index contributed by atoms with van der Waals surface area (Å²) in [7, 11) is 0. The van der Waals surface area contributed by atoms with Crippen molar-refractivity contribution >= 4 is 16.1 Å². The molecule has 0 aromatic carbocycles. The van der Waals surface area contributed by atoms with Crippen LogP contribution in [0, 0.1) is 5.92 Å². The maximum Gasteiger partial charge on any atom is 0.0923 e. The molecule has 2 bridgehead atoms. The Kier molecular flexibility index (Phi) is 1.25. The summed E-state index contributed by atoms with van der Waals surface area (Å²) in [5, 5.41) is 0.340. The van der Waals surface area contributed by atoms with Gasteiger partial charge < -0.3 is 4.55 Å². The minimum absolute atomic E-state index is 0.0864. The summed E-state index contributed by atoms with van der Waals surface area (Å²) >= 11 is -2.09. The van der Waals surface area contributed by atoms with Crippen LogP contribution >= 0.6 is 0 Å². The monoisotopic (exact) mass is 156 g/mol. The van der Waals surface area contributed by atoms with E-state index in [1.807, 2.05) is 12.2 Å². The predicted octanol–water partition coefficient (Wildman–Crippen LogP) is 0.222. The van der Waals surface area contributed by atoms with Crippen LogP contribution in [0.3, 0.4) is 0 Å². The van der Waals surface area contributed by atoms with Gasteiger partial charge in [-0.2, -0.15) is 0 Å². The molecule has 4 heteroatoms. The molecule has 0 amide bonds. The average molecular weight is 156 g/mol. The molecule has 0 spiro atoms. The molecule has 2 aliphatic rings. The molecular formula is C6H6NO2S-. The van der Waals surface area contributed by atoms with Gasteiger partial charge >= 0.3 is 0 Å². The fraction of sp³-hybridized carbons (Fsp3) is 0.500. The third-order valence-electron chi connectivity index (χ3n) is 1.84. The number of hydrogen-bond acceptors (Lipinski definition) is 3. The lowest BCUT2D eigenvalue weighted by Crippen LogP contribution is -2.12. The average Bonchev–Trinajstić information content (AvgIpc) is 2.44. The van der Waals surface area contributed by atoms with E-state index in [1.54, 1.807) is 0 Å². The first-order valence-corrected chi connectivity index (χ1v) is 4.20. The molecule has 3 atom stereocenters. The van der Waals surface area contributed by atoms with Gasteiger partial charge in [0.2, 0.25) is 0 Å². The number of fused-ring (bicyclic) bond motifs is 2. The Morgan fingerprint density at radius 3 is 2.80 bits per heavy atom. The Labute approximate surface area is 61.1 Å². The number of aliphatic imine (C=N–C) groups is 1. The number of hydrogen-bond donors (Lipinski definition) is 0. The van der Waals surface area contributed by atoms with Crippen molar-refractivity contribution in [3.05, 3.63) is 12.2 Å². The molecule has 1 aliphatic heterocycles. The molecule has 1 aliphatic carbocycles. The van der Waals surface area contributed by atoms with Gasteiger partial charge in [-0.25, -0.2) is 0 Å². The molecular weight excluding hydrogens is 150 g/mol. The number of allylic oxidation sites excluding steroid dienone is 1. The smallest absolute Gasteiger partial charge is 0.0923 e. The standard InChI is InChI=1S/C6H7NO2S/c8-10(9)6-4-1-2-5(3-4)7-6/h1-2,4-5H,3H2,(H,8,9)/p-1. The highest BCUT2D eigenvalue weighted by molar-refractivity contribution is 7.95. The van der Waals surface area contributed by atoms with Crippen LogP contribution < -0.4 is 0 Å². The first-order valence-electron chi connectivity index (χ1n) is 3.12. The molecule has 0 saturated carbocycles. The first-order chi connectivity index (χ1) is 4.77. The Bertz CT molecular complexity index is 246. The van der Waals surface area contributed by atoms with Gasteiger partial charge in [0.05, 0.1) is 11.1 Å². The van der Waals surface area contributed by atoms with E-state index in [0.717, 1.165) is 6.42 Å². The van der Waals surface area contributed by atoms with E-state index < -0.39 is 11.1 Å². The zero-order valence-electron chi connectivity index (χ0n) is 5.19. The van der Waals surface area contributed by atoms with Crippen LogP contribution in [0.25, 0.3) is 0 Å². The zero-order valence-corrected chi connectivity index (χ0v) is 6.00. The SMILES string of the molecule is O=S([O-])C1=NC2C=CC1C2.